The van der Waals surface area contributed by atoms with Gasteiger partial charge in [0.1, 0.15) is 16.3 Å². The average Bonchev–Trinajstić information content (AvgIpc) is 3.16. The molecular formula is C28H31N2OsP2+2. The zero-order chi connectivity index (χ0) is 22.7. The Morgan fingerprint density at radius 3 is 1.94 bits per heavy atom. The first-order valence-electron chi connectivity index (χ1n) is 11.0. The number of benzene rings is 3. The predicted octanol–water partition coefficient (Wildman–Crippen LogP) is 6.15. The maximum absolute atomic E-state index is 4.72. The van der Waals surface area contributed by atoms with E-state index in [1.165, 1.54) is 10.8 Å². The summed E-state index contributed by atoms with van der Waals surface area (Å²) in [7, 11) is -0.522. The zero-order valence-corrected chi connectivity index (χ0v) is 24.4. The van der Waals surface area contributed by atoms with Gasteiger partial charge in [-0.15, -0.1) is 29.1 Å². The second-order valence-corrected chi connectivity index (χ2v) is 13.6. The van der Waals surface area contributed by atoms with E-state index in [4.69, 9.17) is 4.98 Å². The molecule has 5 aromatic rings. The molecule has 5 rings (SSSR count). The van der Waals surface area contributed by atoms with Crippen molar-refractivity contribution in [3.8, 4) is 11.3 Å². The third-order valence-electron chi connectivity index (χ3n) is 5.71. The zero-order valence-electron chi connectivity index (χ0n) is 19.8. The van der Waals surface area contributed by atoms with Crippen molar-refractivity contribution < 1.29 is 19.8 Å². The predicted molar refractivity (Wildman–Crippen MR) is 148 cm³/mol. The molecule has 2 heterocycles. The van der Waals surface area contributed by atoms with E-state index >= 15 is 0 Å². The van der Waals surface area contributed by atoms with Crippen LogP contribution in [-0.2, 0) is 19.8 Å². The van der Waals surface area contributed by atoms with Gasteiger partial charge in [-0.1, -0.05) is 47.9 Å². The van der Waals surface area contributed by atoms with Gasteiger partial charge in [0.2, 0.25) is 0 Å². The molecule has 0 aliphatic carbocycles. The summed E-state index contributed by atoms with van der Waals surface area (Å²) in [6, 6.07) is 30.9. The van der Waals surface area contributed by atoms with E-state index in [2.05, 4.69) is 92.6 Å². The number of fused-ring (bicyclic) bond motifs is 2. The summed E-state index contributed by atoms with van der Waals surface area (Å²) in [6.45, 7) is 11.6. The average molecular weight is 648 g/mol. The van der Waals surface area contributed by atoms with E-state index in [0.29, 0.717) is 0 Å². The van der Waals surface area contributed by atoms with Crippen molar-refractivity contribution in [1.29, 1.82) is 0 Å². The molecule has 0 aliphatic rings. The number of imidazole rings is 1. The monoisotopic (exact) mass is 649 g/mol. The van der Waals surface area contributed by atoms with E-state index in [0.717, 1.165) is 22.6 Å². The molecule has 0 bridgehead atoms. The second kappa shape index (κ2) is 11.5. The topological polar surface area (TPSA) is 17.3 Å². The van der Waals surface area contributed by atoms with Crippen LogP contribution in [0.4, 0.5) is 0 Å². The Bertz CT molecular complexity index is 1330. The molecule has 0 unspecified atom stereocenters. The molecule has 1 radical (unpaired) electrons. The first-order valence-corrected chi connectivity index (χ1v) is 16.0. The van der Waals surface area contributed by atoms with Crippen LogP contribution < -0.4 is 10.6 Å². The summed E-state index contributed by atoms with van der Waals surface area (Å²) < 4.78 is 2.11. The van der Waals surface area contributed by atoms with Gasteiger partial charge in [0.05, 0.1) is 26.7 Å². The minimum atomic E-state index is -0.261. The fourth-order valence-corrected chi connectivity index (χ4v) is 7.59. The van der Waals surface area contributed by atoms with Crippen molar-refractivity contribution in [2.45, 2.75) is 6.92 Å². The van der Waals surface area contributed by atoms with Gasteiger partial charge in [-0.05, 0) is 31.2 Å². The molecule has 0 saturated carbocycles. The van der Waals surface area contributed by atoms with Crippen molar-refractivity contribution in [2.75, 3.05) is 26.7 Å². The van der Waals surface area contributed by atoms with Crippen LogP contribution in [0.3, 0.4) is 0 Å². The Morgan fingerprint density at radius 1 is 0.758 bits per heavy atom. The number of aryl methyl sites for hydroxylation is 1. The van der Waals surface area contributed by atoms with Gasteiger partial charge in [0, 0.05) is 33.4 Å². The maximum Gasteiger partial charge on any atom is 1.00 e. The number of nitrogens with zero attached hydrogens (tertiary/aromatic N) is 2. The van der Waals surface area contributed by atoms with Gasteiger partial charge in [-0.25, -0.2) is 0 Å². The number of pyridine rings is 1. The van der Waals surface area contributed by atoms with E-state index < -0.39 is 0 Å². The van der Waals surface area contributed by atoms with Gasteiger partial charge in [-0.2, -0.15) is 0 Å². The van der Waals surface area contributed by atoms with Gasteiger partial charge >= 0.3 is 19.8 Å². The normalized spacial score (nSPS) is 10.9. The van der Waals surface area contributed by atoms with Gasteiger partial charge in [-0.3, -0.25) is 4.98 Å². The number of hydrogen-bond acceptors (Lipinski definition) is 1. The van der Waals surface area contributed by atoms with Crippen molar-refractivity contribution in [3.05, 3.63) is 96.8 Å². The van der Waals surface area contributed by atoms with Crippen molar-refractivity contribution in [3.63, 3.8) is 0 Å². The van der Waals surface area contributed by atoms with Gasteiger partial charge in [0.25, 0.3) is 0 Å². The Kier molecular flexibility index (Phi) is 8.96. The Hall–Kier alpha value is -1.89. The molecule has 169 valence electrons. The molecule has 0 saturated heterocycles. The summed E-state index contributed by atoms with van der Waals surface area (Å²) in [5.41, 5.74) is 4.17. The summed E-state index contributed by atoms with van der Waals surface area (Å²) in [4.78, 5) is 4.72. The maximum atomic E-state index is 4.72. The standard InChI is InChI=1S/C18H13N2.C10H16P2.Os/c1-13-18(19-17-8-4-5-11-20(13)17)16-10-9-14-6-2-3-7-15(14)12-16;1-11(2)9-7-5-6-8-10(9)12(3)4;/h2-9,11-12H,1H3;5-8H,1-4H3;/q-1;;+1/p+2. The molecule has 3 aromatic carbocycles. The fourth-order valence-electron chi connectivity index (χ4n) is 3.99. The molecule has 0 N–H and O–H groups in total. The SMILES string of the molecule is C[PH+](C)c1ccccc1[PH+](C)C.Cc1c(-c2[c-]cc3ccccc3c2)nc2ccccn12.[Os+]. The van der Waals surface area contributed by atoms with Crippen LogP contribution in [0.2, 0.25) is 0 Å². The molecular weight excluding hydrogens is 617 g/mol. The molecule has 5 heteroatoms. The minimum Gasteiger partial charge on any atom is -0.314 e. The molecule has 2 nitrogen and oxygen atoms in total. The molecule has 33 heavy (non-hydrogen) atoms. The minimum absolute atomic E-state index is 0. The largest absolute Gasteiger partial charge is 1.00 e. The molecule has 0 fully saturated rings. The van der Waals surface area contributed by atoms with Crippen LogP contribution >= 0.6 is 15.8 Å². The Labute approximate surface area is 213 Å². The van der Waals surface area contributed by atoms with E-state index in [1.807, 2.05) is 36.5 Å². The fraction of sp³-hybridized carbons (Fsp3) is 0.179. The van der Waals surface area contributed by atoms with E-state index in [9.17, 15) is 0 Å². The van der Waals surface area contributed by atoms with Crippen LogP contribution in [0.15, 0.2) is 85.1 Å². The summed E-state index contributed by atoms with van der Waals surface area (Å²) >= 11 is 0. The van der Waals surface area contributed by atoms with E-state index in [1.54, 1.807) is 10.6 Å². The van der Waals surface area contributed by atoms with Crippen LogP contribution in [0.1, 0.15) is 5.69 Å². The molecule has 0 aliphatic heterocycles. The van der Waals surface area contributed by atoms with Crippen LogP contribution in [-0.4, -0.2) is 36.0 Å². The number of rotatable bonds is 3. The number of aromatic nitrogens is 2. The van der Waals surface area contributed by atoms with Crippen LogP contribution in [0, 0.1) is 13.0 Å². The third-order valence-corrected chi connectivity index (χ3v) is 8.98. The smallest absolute Gasteiger partial charge is 0.314 e. The molecule has 0 amide bonds. The molecule has 0 spiro atoms. The summed E-state index contributed by atoms with van der Waals surface area (Å²) in [6.07, 6.45) is 2.04. The van der Waals surface area contributed by atoms with Gasteiger partial charge in [0.15, 0.2) is 0 Å². The first kappa shape index (κ1) is 25.7. The third kappa shape index (κ3) is 5.79. The second-order valence-electron chi connectivity index (χ2n) is 8.50. The van der Waals surface area contributed by atoms with Crippen molar-refractivity contribution in [1.82, 2.24) is 9.38 Å². The first-order chi connectivity index (χ1) is 15.5. The summed E-state index contributed by atoms with van der Waals surface area (Å²) in [5.74, 6) is 0. The Balaban J connectivity index is 0.000000205. The van der Waals surface area contributed by atoms with Crippen molar-refractivity contribution >= 4 is 42.9 Å². The van der Waals surface area contributed by atoms with Crippen molar-refractivity contribution in [2.24, 2.45) is 0 Å². The molecule has 0 atom stereocenters. The van der Waals surface area contributed by atoms with Crippen LogP contribution in [0.25, 0.3) is 27.7 Å². The van der Waals surface area contributed by atoms with Gasteiger partial charge < -0.3 is 4.40 Å². The Morgan fingerprint density at radius 2 is 1.33 bits per heavy atom. The quantitative estimate of drug-likeness (QED) is 0.170. The number of hydrogen-bond donors (Lipinski definition) is 0. The molecule has 2 aromatic heterocycles. The van der Waals surface area contributed by atoms with E-state index in [-0.39, 0.29) is 35.6 Å². The van der Waals surface area contributed by atoms with Crippen LogP contribution in [0.5, 0.6) is 0 Å². The summed E-state index contributed by atoms with van der Waals surface area (Å²) in [5, 5.41) is 5.71.